The molecule has 0 saturated carbocycles. The SMILES string of the molecule is CCOC(=O)CN(CCn1cnc2c(=O)[nH]c(N)nc21)CCP(=O)(O)O. The van der Waals surface area contributed by atoms with Crippen molar-refractivity contribution in [3.8, 4) is 0 Å². The topological polar surface area (TPSA) is 177 Å². The molecule has 144 valence electrons. The lowest BCUT2D eigenvalue weighted by molar-refractivity contribution is -0.144. The Hall–Kier alpha value is -2.27. The van der Waals surface area contributed by atoms with Crippen LogP contribution in [0.5, 0.6) is 0 Å². The first kappa shape index (κ1) is 20.0. The molecule has 0 atom stereocenters. The number of imidazole rings is 1. The molecule has 0 aliphatic rings. The second-order valence-electron chi connectivity index (χ2n) is 5.53. The largest absolute Gasteiger partial charge is 0.465 e. The van der Waals surface area contributed by atoms with Gasteiger partial charge in [-0.3, -0.25) is 24.0 Å². The summed E-state index contributed by atoms with van der Waals surface area (Å²) >= 11 is 0. The number of carbonyl (C=O) groups excluding carboxylic acids is 1. The Kier molecular flexibility index (Phi) is 6.48. The number of aromatic amines is 1. The van der Waals surface area contributed by atoms with Crippen LogP contribution in [0, 0.1) is 0 Å². The molecule has 0 radical (unpaired) electrons. The summed E-state index contributed by atoms with van der Waals surface area (Å²) in [4.78, 5) is 53.5. The predicted octanol–water partition coefficient (Wildman–Crippen LogP) is -1.26. The fourth-order valence-corrected chi connectivity index (χ4v) is 2.86. The molecular formula is C13H21N6O6P. The van der Waals surface area contributed by atoms with Crippen molar-refractivity contribution < 1.29 is 23.9 Å². The summed E-state index contributed by atoms with van der Waals surface area (Å²) in [5.41, 5.74) is 5.50. The van der Waals surface area contributed by atoms with Crippen molar-refractivity contribution >= 4 is 30.7 Å². The highest BCUT2D eigenvalue weighted by molar-refractivity contribution is 7.51. The third-order valence-corrected chi connectivity index (χ3v) is 4.30. The summed E-state index contributed by atoms with van der Waals surface area (Å²) in [5, 5.41) is 0. The quantitative estimate of drug-likeness (QED) is 0.300. The molecular weight excluding hydrogens is 367 g/mol. The molecule has 0 spiro atoms. The lowest BCUT2D eigenvalue weighted by Crippen LogP contribution is -2.35. The minimum Gasteiger partial charge on any atom is -0.465 e. The normalized spacial score (nSPS) is 12.0. The van der Waals surface area contributed by atoms with E-state index in [0.29, 0.717) is 0 Å². The highest BCUT2D eigenvalue weighted by atomic mass is 31.2. The number of hydrogen-bond acceptors (Lipinski definition) is 8. The van der Waals surface area contributed by atoms with Crippen molar-refractivity contribution in [2.45, 2.75) is 13.5 Å². The summed E-state index contributed by atoms with van der Waals surface area (Å²) in [6, 6.07) is 0. The monoisotopic (exact) mass is 388 g/mol. The third kappa shape index (κ3) is 5.63. The number of nitrogens with two attached hydrogens (primary N) is 1. The predicted molar refractivity (Wildman–Crippen MR) is 92.5 cm³/mol. The molecule has 0 amide bonds. The summed E-state index contributed by atoms with van der Waals surface area (Å²) in [5.74, 6) is -0.540. The number of aromatic nitrogens is 4. The summed E-state index contributed by atoms with van der Waals surface area (Å²) < 4.78 is 17.6. The molecule has 0 aliphatic carbocycles. The van der Waals surface area contributed by atoms with Crippen molar-refractivity contribution in [1.82, 2.24) is 24.4 Å². The van der Waals surface area contributed by atoms with E-state index in [9.17, 15) is 14.2 Å². The van der Waals surface area contributed by atoms with Crippen LogP contribution >= 0.6 is 7.60 Å². The Labute approximate surface area is 148 Å². The van der Waals surface area contributed by atoms with Crippen LogP contribution in [0.1, 0.15) is 6.92 Å². The zero-order valence-corrected chi connectivity index (χ0v) is 15.1. The van der Waals surface area contributed by atoms with Crippen LogP contribution in [-0.2, 0) is 20.6 Å². The summed E-state index contributed by atoms with van der Waals surface area (Å²) in [6.07, 6.45) is 1.03. The van der Waals surface area contributed by atoms with E-state index in [0.717, 1.165) is 0 Å². The van der Waals surface area contributed by atoms with E-state index in [1.807, 2.05) is 0 Å². The van der Waals surface area contributed by atoms with Crippen LogP contribution in [-0.4, -0.2) is 72.6 Å². The number of carbonyl (C=O) groups is 1. The van der Waals surface area contributed by atoms with Gasteiger partial charge < -0.3 is 24.8 Å². The molecule has 0 fully saturated rings. The highest BCUT2D eigenvalue weighted by Crippen LogP contribution is 2.33. The van der Waals surface area contributed by atoms with Gasteiger partial charge in [0.05, 0.1) is 25.6 Å². The van der Waals surface area contributed by atoms with E-state index in [2.05, 4.69) is 15.0 Å². The molecule has 0 unspecified atom stereocenters. The van der Waals surface area contributed by atoms with Gasteiger partial charge in [-0.2, -0.15) is 4.98 Å². The van der Waals surface area contributed by atoms with Gasteiger partial charge >= 0.3 is 13.6 Å². The first-order valence-electron chi connectivity index (χ1n) is 7.82. The van der Waals surface area contributed by atoms with E-state index in [-0.39, 0.29) is 56.1 Å². The van der Waals surface area contributed by atoms with Crippen LogP contribution in [0.15, 0.2) is 11.1 Å². The number of nitrogen functional groups attached to an aromatic ring is 1. The van der Waals surface area contributed by atoms with Crippen LogP contribution in [0.4, 0.5) is 5.95 Å². The highest BCUT2D eigenvalue weighted by Gasteiger charge is 2.19. The zero-order chi connectivity index (χ0) is 19.3. The number of nitrogens with one attached hydrogen (secondary N) is 1. The number of anilines is 1. The van der Waals surface area contributed by atoms with Gasteiger partial charge in [-0.15, -0.1) is 0 Å². The third-order valence-electron chi connectivity index (χ3n) is 3.52. The summed E-state index contributed by atoms with van der Waals surface area (Å²) in [6.45, 7) is 2.32. The molecule has 26 heavy (non-hydrogen) atoms. The standard InChI is InChI=1S/C13H21N6O6P/c1-2-25-9(20)7-18(5-6-26(22,23)24)3-4-19-8-15-10-11(19)16-13(14)17-12(10)21/h8H,2-7H2,1H3,(H2,22,23,24)(H3,14,16,17,21). The van der Waals surface area contributed by atoms with E-state index in [4.69, 9.17) is 20.3 Å². The molecule has 2 heterocycles. The molecule has 0 aliphatic heterocycles. The van der Waals surface area contributed by atoms with Crippen molar-refractivity contribution in [2.24, 2.45) is 0 Å². The number of nitrogens with zero attached hydrogens (tertiary/aromatic N) is 4. The minimum absolute atomic E-state index is 0.00583. The van der Waals surface area contributed by atoms with E-state index in [1.165, 1.54) is 6.33 Å². The Bertz CT molecular complexity index is 874. The fourth-order valence-electron chi connectivity index (χ4n) is 2.31. The molecule has 13 heteroatoms. The van der Waals surface area contributed by atoms with Crippen molar-refractivity contribution in [3.05, 3.63) is 16.7 Å². The van der Waals surface area contributed by atoms with Gasteiger partial charge in [0, 0.05) is 19.6 Å². The number of rotatable bonds is 9. The first-order valence-corrected chi connectivity index (χ1v) is 9.62. The molecule has 0 aromatic carbocycles. The van der Waals surface area contributed by atoms with E-state index in [1.54, 1.807) is 16.4 Å². The van der Waals surface area contributed by atoms with Crippen LogP contribution < -0.4 is 11.3 Å². The van der Waals surface area contributed by atoms with Crippen molar-refractivity contribution in [2.75, 3.05) is 38.1 Å². The second-order valence-corrected chi connectivity index (χ2v) is 7.31. The van der Waals surface area contributed by atoms with Gasteiger partial charge in [0.25, 0.3) is 5.56 Å². The van der Waals surface area contributed by atoms with Crippen LogP contribution in [0.25, 0.3) is 11.2 Å². The number of H-pyrrole nitrogens is 1. The molecule has 12 nitrogen and oxygen atoms in total. The van der Waals surface area contributed by atoms with Gasteiger partial charge in [-0.25, -0.2) is 4.98 Å². The Morgan fingerprint density at radius 1 is 1.46 bits per heavy atom. The molecule has 0 bridgehead atoms. The molecule has 2 aromatic rings. The zero-order valence-electron chi connectivity index (χ0n) is 14.2. The van der Waals surface area contributed by atoms with E-state index >= 15 is 0 Å². The Balaban J connectivity index is 2.11. The average molecular weight is 388 g/mol. The summed E-state index contributed by atoms with van der Waals surface area (Å²) in [7, 11) is -4.20. The van der Waals surface area contributed by atoms with Crippen LogP contribution in [0.2, 0.25) is 0 Å². The maximum atomic E-state index is 11.8. The van der Waals surface area contributed by atoms with E-state index < -0.39 is 19.1 Å². The fraction of sp³-hybridized carbons (Fsp3) is 0.538. The minimum atomic E-state index is -4.20. The molecule has 2 aromatic heterocycles. The van der Waals surface area contributed by atoms with Gasteiger partial charge in [0.15, 0.2) is 11.2 Å². The van der Waals surface area contributed by atoms with Gasteiger partial charge in [0.1, 0.15) is 0 Å². The molecule has 2 rings (SSSR count). The second kappa shape index (κ2) is 8.41. The lowest BCUT2D eigenvalue weighted by Gasteiger charge is -2.21. The number of hydrogen-bond donors (Lipinski definition) is 4. The number of fused-ring (bicyclic) bond motifs is 1. The van der Waals surface area contributed by atoms with Crippen LogP contribution in [0.3, 0.4) is 0 Å². The Morgan fingerprint density at radius 3 is 2.85 bits per heavy atom. The van der Waals surface area contributed by atoms with Gasteiger partial charge in [-0.05, 0) is 6.92 Å². The molecule has 0 saturated heterocycles. The maximum Gasteiger partial charge on any atom is 0.326 e. The smallest absolute Gasteiger partial charge is 0.326 e. The first-order chi connectivity index (χ1) is 12.2. The Morgan fingerprint density at radius 2 is 2.19 bits per heavy atom. The maximum absolute atomic E-state index is 11.8. The van der Waals surface area contributed by atoms with Gasteiger partial charge in [-0.1, -0.05) is 0 Å². The van der Waals surface area contributed by atoms with Gasteiger partial charge in [0.2, 0.25) is 5.95 Å². The number of esters is 1. The number of ether oxygens (including phenoxy) is 1. The van der Waals surface area contributed by atoms with Crippen molar-refractivity contribution in [3.63, 3.8) is 0 Å². The van der Waals surface area contributed by atoms with Crippen molar-refractivity contribution in [1.29, 1.82) is 0 Å². The average Bonchev–Trinajstić information content (AvgIpc) is 2.92. The molecule has 5 N–H and O–H groups in total. The lowest BCUT2D eigenvalue weighted by atomic mass is 10.4.